The van der Waals surface area contributed by atoms with Crippen molar-refractivity contribution in [3.05, 3.63) is 64.6 Å². The Morgan fingerprint density at radius 1 is 1.12 bits per heavy atom. The smallest absolute Gasteiger partial charge is 0.306 e. The van der Waals surface area contributed by atoms with E-state index in [1.807, 2.05) is 49.7 Å². The minimum absolute atomic E-state index is 0.120. The van der Waals surface area contributed by atoms with Crippen LogP contribution in [0.4, 0.5) is 10.1 Å². The number of Topliss-reactive ketones (excluding diaryl/α,β-unsaturated/α-hetero) is 1. The van der Waals surface area contributed by atoms with Crippen molar-refractivity contribution in [1.82, 2.24) is 9.47 Å². The van der Waals surface area contributed by atoms with Crippen LogP contribution in [0.25, 0.3) is 10.9 Å². The lowest BCUT2D eigenvalue weighted by molar-refractivity contribution is -0.212. The summed E-state index contributed by atoms with van der Waals surface area (Å²) in [5.74, 6) is -2.74. The topological polar surface area (TPSA) is 101 Å². The van der Waals surface area contributed by atoms with E-state index in [9.17, 15) is 19.5 Å². The van der Waals surface area contributed by atoms with Crippen LogP contribution in [0.15, 0.2) is 42.6 Å². The number of benzene rings is 2. The third-order valence-corrected chi connectivity index (χ3v) is 9.32. The molecule has 5 rings (SSSR count). The number of ketones is 1. The molecule has 0 radical (unpaired) electrons. The number of anilines is 1. The number of fused-ring (bicyclic) bond motifs is 1. The molecule has 0 spiro atoms. The fourth-order valence-electron chi connectivity index (χ4n) is 6.70. The van der Waals surface area contributed by atoms with Crippen LogP contribution < -0.4 is 5.32 Å². The van der Waals surface area contributed by atoms with Crippen LogP contribution in [0, 0.1) is 17.7 Å². The average molecular weight is 612 g/mol. The van der Waals surface area contributed by atoms with E-state index in [1.54, 1.807) is 6.20 Å². The number of rotatable bonds is 10. The summed E-state index contributed by atoms with van der Waals surface area (Å²) in [7, 11) is 1.85. The Hall–Kier alpha value is -3.27. The van der Waals surface area contributed by atoms with Gasteiger partial charge in [-0.15, -0.1) is 0 Å². The number of carboxylic acid groups (broad SMARTS) is 1. The van der Waals surface area contributed by atoms with Crippen molar-refractivity contribution in [3.8, 4) is 0 Å². The van der Waals surface area contributed by atoms with Crippen LogP contribution >= 0.6 is 11.6 Å². The number of hydrogen-bond donors (Lipinski definition) is 2. The molecule has 1 unspecified atom stereocenters. The molecule has 2 fully saturated rings. The van der Waals surface area contributed by atoms with Gasteiger partial charge in [-0.2, -0.15) is 0 Å². The third kappa shape index (κ3) is 6.21. The molecule has 1 aliphatic heterocycles. The van der Waals surface area contributed by atoms with Gasteiger partial charge in [0.05, 0.1) is 28.3 Å². The second kappa shape index (κ2) is 12.8. The number of carbonyl (C=O) groups excluding carboxylic acids is 2. The van der Waals surface area contributed by atoms with E-state index in [0.29, 0.717) is 44.3 Å². The van der Waals surface area contributed by atoms with Gasteiger partial charge in [0.1, 0.15) is 5.82 Å². The number of aliphatic carboxylic acids is 1. The van der Waals surface area contributed by atoms with E-state index in [4.69, 9.17) is 16.3 Å². The first-order chi connectivity index (χ1) is 20.5. The number of nitrogens with zero attached hydrogens (tertiary/aromatic N) is 2. The van der Waals surface area contributed by atoms with Crippen molar-refractivity contribution in [3.63, 3.8) is 0 Å². The number of likely N-dealkylation sites (tertiary alicyclic amines) is 1. The molecular formula is C33H39ClFN3O5. The van der Waals surface area contributed by atoms with Gasteiger partial charge in [0.15, 0.2) is 11.5 Å². The van der Waals surface area contributed by atoms with Crippen molar-refractivity contribution in [1.29, 1.82) is 0 Å². The Bertz CT molecular complexity index is 1520. The normalized spacial score (nSPS) is 20.8. The van der Waals surface area contributed by atoms with Crippen molar-refractivity contribution in [2.24, 2.45) is 18.9 Å². The zero-order valence-corrected chi connectivity index (χ0v) is 25.6. The molecule has 10 heteroatoms. The van der Waals surface area contributed by atoms with Crippen LogP contribution in [0.3, 0.4) is 0 Å². The minimum Gasteiger partial charge on any atom is -0.481 e. The summed E-state index contributed by atoms with van der Waals surface area (Å²) in [6, 6.07) is 10.1. The number of nitrogens with one attached hydrogen (secondary N) is 1. The fourth-order valence-corrected chi connectivity index (χ4v) is 6.94. The highest BCUT2D eigenvalue weighted by Gasteiger charge is 2.50. The predicted octanol–water partition coefficient (Wildman–Crippen LogP) is 6.44. The molecular weight excluding hydrogens is 573 g/mol. The molecule has 1 aliphatic carbocycles. The van der Waals surface area contributed by atoms with Crippen molar-refractivity contribution in [2.45, 2.75) is 70.6 Å². The molecule has 2 heterocycles. The number of carboxylic acids is 1. The van der Waals surface area contributed by atoms with E-state index in [1.165, 1.54) is 6.07 Å². The Balaban J connectivity index is 1.37. The van der Waals surface area contributed by atoms with Crippen LogP contribution in [0.1, 0.15) is 68.3 Å². The number of ether oxygens (including phenoxy) is 1. The summed E-state index contributed by atoms with van der Waals surface area (Å²) < 4.78 is 24.1. The fraction of sp³-hybridized carbons (Fsp3) is 0.485. The average Bonchev–Trinajstić information content (AvgIpc) is 3.63. The molecule has 43 heavy (non-hydrogen) atoms. The molecule has 2 aromatic carbocycles. The van der Waals surface area contributed by atoms with Gasteiger partial charge in [-0.25, -0.2) is 4.39 Å². The van der Waals surface area contributed by atoms with E-state index >= 15 is 4.39 Å². The zero-order chi connectivity index (χ0) is 30.9. The maximum Gasteiger partial charge on any atom is 0.306 e. The summed E-state index contributed by atoms with van der Waals surface area (Å²) >= 11 is 6.55. The van der Waals surface area contributed by atoms with E-state index in [-0.39, 0.29) is 40.5 Å². The highest BCUT2D eigenvalue weighted by molar-refractivity contribution is 6.34. The zero-order valence-electron chi connectivity index (χ0n) is 24.9. The molecule has 0 bridgehead atoms. The summed E-state index contributed by atoms with van der Waals surface area (Å²) in [6.45, 7) is 5.26. The number of para-hydroxylation sites is 1. The summed E-state index contributed by atoms with van der Waals surface area (Å²) in [5.41, 5.74) is 0.311. The quantitative estimate of drug-likeness (QED) is 0.274. The summed E-state index contributed by atoms with van der Waals surface area (Å²) in [5, 5.41) is 13.0. The first-order valence-corrected chi connectivity index (χ1v) is 15.4. The second-order valence-electron chi connectivity index (χ2n) is 12.1. The molecule has 2 aliphatic rings. The minimum atomic E-state index is -1.27. The Labute approximate surface area is 256 Å². The third-order valence-electron chi connectivity index (χ3n) is 9.00. The summed E-state index contributed by atoms with van der Waals surface area (Å²) in [6.07, 6.45) is 5.19. The SMILES string of the molecule is CC(C)C(O[C@H]1CC[C@H](C(=O)O)CC1)(C(=O)Cc1cc(Cl)c(NC(=O)c2cn(C)c3ccccc23)cc1F)N1CCCC1. The van der Waals surface area contributed by atoms with Gasteiger partial charge in [0.2, 0.25) is 0 Å². The van der Waals surface area contributed by atoms with Gasteiger partial charge >= 0.3 is 5.97 Å². The van der Waals surface area contributed by atoms with Crippen LogP contribution in [-0.4, -0.2) is 57.2 Å². The Morgan fingerprint density at radius 3 is 2.44 bits per heavy atom. The van der Waals surface area contributed by atoms with Gasteiger partial charge in [-0.3, -0.25) is 19.3 Å². The van der Waals surface area contributed by atoms with E-state index in [2.05, 4.69) is 10.2 Å². The molecule has 8 nitrogen and oxygen atoms in total. The summed E-state index contributed by atoms with van der Waals surface area (Å²) in [4.78, 5) is 40.9. The highest BCUT2D eigenvalue weighted by Crippen LogP contribution is 2.38. The van der Waals surface area contributed by atoms with Gasteiger partial charge in [0, 0.05) is 49.6 Å². The Kier molecular flexibility index (Phi) is 9.25. The standard InChI is InChI=1S/C33H39ClFN3O5/c1-20(2)33(38-14-6-7-15-38,43-23-12-10-21(11-13-23)32(41)42)30(39)17-22-16-26(34)28(18-27(22)35)36-31(40)25-19-37(3)29-9-5-4-8-24(25)29/h4-5,8-9,16,18-21,23H,6-7,10-15,17H2,1-3H3,(H,36,40)(H,41,42)/t21-,23-,33?. The second-order valence-corrected chi connectivity index (χ2v) is 12.5. The Morgan fingerprint density at radius 2 is 1.79 bits per heavy atom. The predicted molar refractivity (Wildman–Crippen MR) is 164 cm³/mol. The van der Waals surface area contributed by atoms with Gasteiger partial charge in [0.25, 0.3) is 5.91 Å². The molecule has 1 atom stereocenters. The maximum atomic E-state index is 15.6. The molecule has 1 saturated heterocycles. The number of hydrogen-bond acceptors (Lipinski definition) is 5. The van der Waals surface area contributed by atoms with Gasteiger partial charge in [-0.1, -0.05) is 43.6 Å². The van der Waals surface area contributed by atoms with Crippen molar-refractivity contribution < 1.29 is 28.6 Å². The molecule has 3 aromatic rings. The molecule has 2 N–H and O–H groups in total. The number of aryl methyl sites for hydroxylation is 1. The monoisotopic (exact) mass is 611 g/mol. The number of aromatic nitrogens is 1. The first-order valence-electron chi connectivity index (χ1n) is 15.0. The highest BCUT2D eigenvalue weighted by atomic mass is 35.5. The number of carbonyl (C=O) groups is 3. The lowest BCUT2D eigenvalue weighted by Gasteiger charge is -2.46. The van der Waals surface area contributed by atoms with Gasteiger partial charge in [-0.05, 0) is 62.3 Å². The number of amides is 1. The van der Waals surface area contributed by atoms with E-state index < -0.39 is 29.3 Å². The molecule has 1 amide bonds. The van der Waals surface area contributed by atoms with Crippen molar-refractivity contribution >= 4 is 45.9 Å². The maximum absolute atomic E-state index is 15.6. The molecule has 1 aromatic heterocycles. The molecule has 1 saturated carbocycles. The van der Waals surface area contributed by atoms with E-state index in [0.717, 1.165) is 29.8 Å². The largest absolute Gasteiger partial charge is 0.481 e. The lowest BCUT2D eigenvalue weighted by Crippen LogP contribution is -2.61. The van der Waals surface area contributed by atoms with Crippen LogP contribution in [-0.2, 0) is 27.8 Å². The van der Waals surface area contributed by atoms with Crippen LogP contribution in [0.2, 0.25) is 5.02 Å². The number of halogens is 2. The van der Waals surface area contributed by atoms with Crippen molar-refractivity contribution in [2.75, 3.05) is 18.4 Å². The van der Waals surface area contributed by atoms with Gasteiger partial charge < -0.3 is 19.7 Å². The molecule has 230 valence electrons. The van der Waals surface area contributed by atoms with Crippen LogP contribution in [0.5, 0.6) is 0 Å². The first kappa shape index (κ1) is 31.2. The lowest BCUT2D eigenvalue weighted by atomic mass is 9.85.